The van der Waals surface area contributed by atoms with Crippen LogP contribution in [0.5, 0.6) is 0 Å². The largest absolute Gasteiger partial charge is 0.317 e. The van der Waals surface area contributed by atoms with Gasteiger partial charge in [-0.3, -0.25) is 0 Å². The maximum Gasteiger partial charge on any atom is 0.112 e. The molecular formula is C13H24ClN3S. The lowest BCUT2D eigenvalue weighted by Crippen LogP contribution is -2.43. The first kappa shape index (κ1) is 15.9. The Labute approximate surface area is 120 Å². The van der Waals surface area contributed by atoms with Crippen LogP contribution in [0.15, 0.2) is 11.6 Å². The van der Waals surface area contributed by atoms with Crippen LogP contribution in [0, 0.1) is 5.92 Å². The van der Waals surface area contributed by atoms with Crippen molar-refractivity contribution in [3.63, 3.8) is 0 Å². The number of hydrogen-bond acceptors (Lipinski definition) is 4. The van der Waals surface area contributed by atoms with Gasteiger partial charge in [-0.2, -0.15) is 0 Å². The van der Waals surface area contributed by atoms with E-state index in [-0.39, 0.29) is 17.9 Å². The fourth-order valence-electron chi connectivity index (χ4n) is 2.30. The van der Waals surface area contributed by atoms with Crippen molar-refractivity contribution in [1.29, 1.82) is 0 Å². The Kier molecular flexibility index (Phi) is 6.57. The molecule has 1 aliphatic heterocycles. The molecule has 104 valence electrons. The second-order valence-electron chi connectivity index (χ2n) is 5.10. The monoisotopic (exact) mass is 289 g/mol. The Hall–Kier alpha value is -0.160. The molecule has 0 radical (unpaired) electrons. The molecule has 1 aliphatic rings. The highest BCUT2D eigenvalue weighted by Gasteiger charge is 2.27. The van der Waals surface area contributed by atoms with E-state index in [0.717, 1.165) is 18.9 Å². The SMILES string of the molecule is CCC(C)(NCC1CCNCC1)c1nccs1.Cl. The molecule has 0 bridgehead atoms. The smallest absolute Gasteiger partial charge is 0.112 e. The first-order valence-corrected chi connectivity index (χ1v) is 7.48. The number of halogens is 1. The van der Waals surface area contributed by atoms with E-state index in [1.165, 1.54) is 30.9 Å². The summed E-state index contributed by atoms with van der Waals surface area (Å²) in [7, 11) is 0. The first-order chi connectivity index (χ1) is 8.24. The summed E-state index contributed by atoms with van der Waals surface area (Å²) in [5, 5.41) is 10.4. The quantitative estimate of drug-likeness (QED) is 0.875. The highest BCUT2D eigenvalue weighted by atomic mass is 35.5. The van der Waals surface area contributed by atoms with Gasteiger partial charge in [0.2, 0.25) is 0 Å². The van der Waals surface area contributed by atoms with E-state index in [0.29, 0.717) is 0 Å². The number of hydrogen-bond donors (Lipinski definition) is 2. The highest BCUT2D eigenvalue weighted by molar-refractivity contribution is 7.09. The van der Waals surface area contributed by atoms with Crippen molar-refractivity contribution >= 4 is 23.7 Å². The molecule has 0 amide bonds. The maximum atomic E-state index is 4.47. The minimum absolute atomic E-state index is 0. The van der Waals surface area contributed by atoms with E-state index in [1.54, 1.807) is 11.3 Å². The van der Waals surface area contributed by atoms with Crippen molar-refractivity contribution < 1.29 is 0 Å². The molecule has 3 nitrogen and oxygen atoms in total. The van der Waals surface area contributed by atoms with Gasteiger partial charge in [0, 0.05) is 11.6 Å². The van der Waals surface area contributed by atoms with E-state index in [4.69, 9.17) is 0 Å². The van der Waals surface area contributed by atoms with Gasteiger partial charge in [0.15, 0.2) is 0 Å². The molecule has 2 N–H and O–H groups in total. The summed E-state index contributed by atoms with van der Waals surface area (Å²) in [5.74, 6) is 0.821. The van der Waals surface area contributed by atoms with E-state index < -0.39 is 0 Å². The summed E-state index contributed by atoms with van der Waals surface area (Å²) >= 11 is 1.76. The van der Waals surface area contributed by atoms with E-state index in [9.17, 15) is 0 Å². The van der Waals surface area contributed by atoms with Gasteiger partial charge in [-0.05, 0) is 51.7 Å². The molecule has 0 spiro atoms. The van der Waals surface area contributed by atoms with Crippen LogP contribution in [0.1, 0.15) is 38.1 Å². The summed E-state index contributed by atoms with van der Waals surface area (Å²) in [5.41, 5.74) is 0.0546. The average molecular weight is 290 g/mol. The summed E-state index contributed by atoms with van der Waals surface area (Å²) in [6.07, 6.45) is 5.58. The molecule has 0 aromatic carbocycles. The van der Waals surface area contributed by atoms with Gasteiger partial charge < -0.3 is 10.6 Å². The Morgan fingerprint density at radius 3 is 2.78 bits per heavy atom. The Balaban J connectivity index is 0.00000162. The lowest BCUT2D eigenvalue weighted by molar-refractivity contribution is 0.284. The number of aromatic nitrogens is 1. The van der Waals surface area contributed by atoms with Crippen molar-refractivity contribution in [2.24, 2.45) is 5.92 Å². The van der Waals surface area contributed by atoms with Gasteiger partial charge in [0.05, 0.1) is 5.54 Å². The molecule has 2 rings (SSSR count). The van der Waals surface area contributed by atoms with Crippen molar-refractivity contribution in [1.82, 2.24) is 15.6 Å². The Bertz CT molecular complexity index is 325. The van der Waals surface area contributed by atoms with Gasteiger partial charge in [0.1, 0.15) is 5.01 Å². The zero-order valence-corrected chi connectivity index (χ0v) is 12.9. The minimum Gasteiger partial charge on any atom is -0.317 e. The topological polar surface area (TPSA) is 37.0 Å². The van der Waals surface area contributed by atoms with Crippen LogP contribution in [0.4, 0.5) is 0 Å². The van der Waals surface area contributed by atoms with Crippen molar-refractivity contribution in [3.05, 3.63) is 16.6 Å². The summed E-state index contributed by atoms with van der Waals surface area (Å²) < 4.78 is 0. The zero-order chi connectivity index (χ0) is 12.1. The van der Waals surface area contributed by atoms with Gasteiger partial charge in [0.25, 0.3) is 0 Å². The highest BCUT2D eigenvalue weighted by Crippen LogP contribution is 2.26. The fourth-order valence-corrected chi connectivity index (χ4v) is 3.15. The predicted molar refractivity (Wildman–Crippen MR) is 80.6 cm³/mol. The molecule has 1 saturated heterocycles. The van der Waals surface area contributed by atoms with Crippen LogP contribution in [0.3, 0.4) is 0 Å². The second kappa shape index (κ2) is 7.43. The third-order valence-electron chi connectivity index (χ3n) is 3.85. The molecule has 1 fully saturated rings. The molecule has 2 heterocycles. The van der Waals surface area contributed by atoms with Crippen molar-refractivity contribution in [2.45, 2.75) is 38.6 Å². The molecule has 18 heavy (non-hydrogen) atoms. The van der Waals surface area contributed by atoms with Gasteiger partial charge in [-0.25, -0.2) is 4.98 Å². The molecule has 0 aliphatic carbocycles. The molecule has 1 aromatic heterocycles. The van der Waals surface area contributed by atoms with Crippen LogP contribution >= 0.6 is 23.7 Å². The molecule has 1 unspecified atom stereocenters. The number of thiazole rings is 1. The van der Waals surface area contributed by atoms with E-state index in [2.05, 4.69) is 34.8 Å². The first-order valence-electron chi connectivity index (χ1n) is 6.60. The lowest BCUT2D eigenvalue weighted by atomic mass is 9.94. The summed E-state index contributed by atoms with van der Waals surface area (Å²) in [4.78, 5) is 4.47. The number of rotatable bonds is 5. The number of nitrogens with one attached hydrogen (secondary N) is 2. The summed E-state index contributed by atoms with van der Waals surface area (Å²) in [6, 6.07) is 0. The molecular weight excluding hydrogens is 266 g/mol. The van der Waals surface area contributed by atoms with Crippen LogP contribution in [0.2, 0.25) is 0 Å². The van der Waals surface area contributed by atoms with Gasteiger partial charge >= 0.3 is 0 Å². The van der Waals surface area contributed by atoms with E-state index >= 15 is 0 Å². The van der Waals surface area contributed by atoms with Crippen LogP contribution in [-0.2, 0) is 5.54 Å². The molecule has 1 aromatic rings. The third-order valence-corrected chi connectivity index (χ3v) is 4.89. The summed E-state index contributed by atoms with van der Waals surface area (Å²) in [6.45, 7) is 7.97. The third kappa shape index (κ3) is 3.92. The standard InChI is InChI=1S/C13H23N3S.ClH/c1-3-13(2,12-15-8-9-17-12)16-10-11-4-6-14-7-5-11;/h8-9,11,14,16H,3-7,10H2,1-2H3;1H. The second-order valence-corrected chi connectivity index (χ2v) is 5.99. The van der Waals surface area contributed by atoms with Gasteiger partial charge in [-0.15, -0.1) is 23.7 Å². The van der Waals surface area contributed by atoms with Crippen LogP contribution in [-0.4, -0.2) is 24.6 Å². The predicted octanol–water partition coefficient (Wildman–Crippen LogP) is 2.78. The van der Waals surface area contributed by atoms with E-state index in [1.807, 2.05) is 6.20 Å². The zero-order valence-electron chi connectivity index (χ0n) is 11.2. The average Bonchev–Trinajstić information content (AvgIpc) is 2.92. The normalized spacial score (nSPS) is 20.1. The van der Waals surface area contributed by atoms with Crippen molar-refractivity contribution in [2.75, 3.05) is 19.6 Å². The number of nitrogens with zero attached hydrogens (tertiary/aromatic N) is 1. The van der Waals surface area contributed by atoms with Crippen molar-refractivity contribution in [3.8, 4) is 0 Å². The minimum atomic E-state index is 0. The number of piperidine rings is 1. The van der Waals surface area contributed by atoms with Crippen LogP contribution < -0.4 is 10.6 Å². The molecule has 1 atom stereocenters. The Morgan fingerprint density at radius 2 is 2.22 bits per heavy atom. The maximum absolute atomic E-state index is 4.47. The lowest BCUT2D eigenvalue weighted by Gasteiger charge is -2.31. The van der Waals surface area contributed by atoms with Gasteiger partial charge in [-0.1, -0.05) is 6.92 Å². The Morgan fingerprint density at radius 1 is 1.50 bits per heavy atom. The fraction of sp³-hybridized carbons (Fsp3) is 0.769. The molecule has 0 saturated carbocycles. The van der Waals surface area contributed by atoms with Crippen LogP contribution in [0.25, 0.3) is 0 Å². The molecule has 5 heteroatoms.